The molecule has 0 aliphatic carbocycles. The van der Waals surface area contributed by atoms with Gasteiger partial charge in [-0.25, -0.2) is 0 Å². The van der Waals surface area contributed by atoms with Crippen molar-refractivity contribution in [2.75, 3.05) is 13.1 Å². The van der Waals surface area contributed by atoms with Crippen LogP contribution in [0.25, 0.3) is 4.47 Å². The van der Waals surface area contributed by atoms with E-state index in [1.165, 1.54) is 20.1 Å². The van der Waals surface area contributed by atoms with Crippen LogP contribution in [0.15, 0.2) is 60.7 Å². The molecule has 2 heteroatoms. The van der Waals surface area contributed by atoms with Gasteiger partial charge in [0.1, 0.15) is 0 Å². The Hall–Kier alpha value is -1.34. The predicted octanol–water partition coefficient (Wildman–Crippen LogP) is 3.45. The molecule has 1 aliphatic heterocycles. The molecule has 1 unspecified atom stereocenters. The Morgan fingerprint density at radius 2 is 1.57 bits per heavy atom. The van der Waals surface area contributed by atoms with E-state index in [1.54, 1.807) is 0 Å². The summed E-state index contributed by atoms with van der Waals surface area (Å²) in [6.45, 7) is 6.67. The van der Waals surface area contributed by atoms with Gasteiger partial charge in [-0.2, -0.15) is 0 Å². The van der Waals surface area contributed by atoms with Crippen molar-refractivity contribution in [3.8, 4) is 0 Å². The maximum atomic E-state index is 2.54. The van der Waals surface area contributed by atoms with Crippen LogP contribution in [0.3, 0.4) is 0 Å². The number of rotatable bonds is 4. The van der Waals surface area contributed by atoms with Crippen LogP contribution in [0.2, 0.25) is 0 Å². The molecule has 1 heterocycles. The van der Waals surface area contributed by atoms with E-state index >= 15 is 0 Å². The fourth-order valence-corrected chi connectivity index (χ4v) is 5.27. The van der Waals surface area contributed by atoms with E-state index < -0.39 is 0 Å². The van der Waals surface area contributed by atoms with Gasteiger partial charge in [0.15, 0.2) is 0 Å². The Labute approximate surface area is 133 Å². The van der Waals surface area contributed by atoms with Crippen molar-refractivity contribution in [3.05, 3.63) is 71.8 Å². The van der Waals surface area contributed by atoms with Crippen molar-refractivity contribution >= 4 is 23.9 Å². The Balaban J connectivity index is 2.05. The van der Waals surface area contributed by atoms with Crippen LogP contribution >= 0.6 is 0 Å². The molecule has 2 aromatic rings. The van der Waals surface area contributed by atoms with E-state index in [4.69, 9.17) is 0 Å². The molecule has 108 valence electrons. The molecule has 0 N–H and O–H groups in total. The number of hydrogen-bond donors (Lipinski definition) is 0. The van der Waals surface area contributed by atoms with Crippen molar-refractivity contribution in [2.45, 2.75) is 19.9 Å². The van der Waals surface area contributed by atoms with Crippen LogP contribution in [-0.4, -0.2) is 32.9 Å². The maximum absolute atomic E-state index is 2.54. The van der Waals surface area contributed by atoms with Gasteiger partial charge >= 0.3 is 134 Å². The number of likely N-dealkylation sites (N-methyl/N-ethyl adjacent to an activating group) is 1. The van der Waals surface area contributed by atoms with Crippen LogP contribution in [0.5, 0.6) is 0 Å². The van der Waals surface area contributed by atoms with Gasteiger partial charge in [0.25, 0.3) is 0 Å². The van der Waals surface area contributed by atoms with Crippen molar-refractivity contribution in [1.82, 2.24) is 4.90 Å². The average Bonchev–Trinajstić information content (AvgIpc) is 2.56. The third-order valence-electron chi connectivity index (χ3n) is 4.03. The molecule has 3 rings (SSSR count). The summed E-state index contributed by atoms with van der Waals surface area (Å²) in [5.74, 6) is 0. The van der Waals surface area contributed by atoms with E-state index in [0.717, 1.165) is 13.1 Å². The van der Waals surface area contributed by atoms with E-state index in [9.17, 15) is 0 Å². The first-order valence-electron chi connectivity index (χ1n) is 7.61. The Morgan fingerprint density at radius 1 is 0.905 bits per heavy atom. The molecular weight excluding hydrogens is 321 g/mol. The topological polar surface area (TPSA) is 3.24 Å². The quantitative estimate of drug-likeness (QED) is 0.770. The number of fused-ring (bicyclic) bond motifs is 1. The van der Waals surface area contributed by atoms with Gasteiger partial charge in [-0.1, -0.05) is 0 Å². The summed E-state index contributed by atoms with van der Waals surface area (Å²) in [5.41, 5.74) is 2.88. The molecule has 0 saturated heterocycles. The zero-order valence-corrected chi connectivity index (χ0v) is 14.3. The van der Waals surface area contributed by atoms with E-state index in [0.29, 0.717) is 21.0 Å². The monoisotopic (exact) mass is 343 g/mol. The van der Waals surface area contributed by atoms with Gasteiger partial charge in [-0.05, 0) is 0 Å². The molecule has 0 amide bonds. The molecule has 0 bridgehead atoms. The average molecular weight is 342 g/mol. The third kappa shape index (κ3) is 2.98. The van der Waals surface area contributed by atoms with Crippen LogP contribution < -0.4 is 4.46 Å². The Kier molecular flexibility index (Phi) is 4.60. The Morgan fingerprint density at radius 3 is 2.29 bits per heavy atom. The molecule has 0 saturated carbocycles. The molecule has 1 aliphatic rings. The molecule has 0 radical (unpaired) electrons. The molecule has 21 heavy (non-hydrogen) atoms. The second-order valence-electron chi connectivity index (χ2n) is 5.20. The van der Waals surface area contributed by atoms with E-state index in [2.05, 4.69) is 79.4 Å². The van der Waals surface area contributed by atoms with Crippen molar-refractivity contribution in [2.24, 2.45) is 0 Å². The standard InChI is InChI=1S/C19H21NSe/c1-3-20(4-2)17-14-19(15-10-6-5-7-11-15)21-18-13-9-8-12-16(17)18/h5-14,17H,3-4H2,1-2H3. The first-order chi connectivity index (χ1) is 10.3. The minimum absolute atomic E-state index is 0.404. The zero-order chi connectivity index (χ0) is 14.7. The van der Waals surface area contributed by atoms with Gasteiger partial charge in [0.2, 0.25) is 0 Å². The first kappa shape index (κ1) is 14.6. The zero-order valence-electron chi connectivity index (χ0n) is 12.6. The Bertz CT molecular complexity index is 629. The van der Waals surface area contributed by atoms with Crippen LogP contribution in [0.1, 0.15) is 31.0 Å². The molecule has 1 nitrogen and oxygen atoms in total. The van der Waals surface area contributed by atoms with Gasteiger partial charge < -0.3 is 0 Å². The first-order valence-corrected chi connectivity index (χ1v) is 9.32. The number of nitrogens with zero attached hydrogens (tertiary/aromatic N) is 1. The SMILES string of the molecule is CCN(CC)C1C=C(c2ccccc2)[Se]c2ccccc21. The molecule has 0 fully saturated rings. The van der Waals surface area contributed by atoms with Gasteiger partial charge in [0.05, 0.1) is 0 Å². The second kappa shape index (κ2) is 6.61. The third-order valence-corrected chi connectivity index (χ3v) is 6.51. The fraction of sp³-hybridized carbons (Fsp3) is 0.263. The van der Waals surface area contributed by atoms with Crippen LogP contribution in [0.4, 0.5) is 0 Å². The van der Waals surface area contributed by atoms with Crippen molar-refractivity contribution in [1.29, 1.82) is 0 Å². The van der Waals surface area contributed by atoms with Gasteiger partial charge in [0, 0.05) is 0 Å². The van der Waals surface area contributed by atoms with E-state index in [1.807, 2.05) is 0 Å². The minimum atomic E-state index is 0.404. The summed E-state index contributed by atoms with van der Waals surface area (Å²) >= 11 is 0.404. The van der Waals surface area contributed by atoms with Gasteiger partial charge in [-0.15, -0.1) is 0 Å². The molecule has 2 aromatic carbocycles. The number of benzene rings is 2. The summed E-state index contributed by atoms with van der Waals surface area (Å²) in [6.07, 6.45) is 2.49. The van der Waals surface area contributed by atoms with Crippen molar-refractivity contribution in [3.63, 3.8) is 0 Å². The fourth-order valence-electron chi connectivity index (χ4n) is 2.88. The molecular formula is C19H21NSe. The predicted molar refractivity (Wildman–Crippen MR) is 91.9 cm³/mol. The van der Waals surface area contributed by atoms with Crippen LogP contribution in [-0.2, 0) is 0 Å². The summed E-state index contributed by atoms with van der Waals surface area (Å²) in [5, 5.41) is 0. The van der Waals surface area contributed by atoms with Gasteiger partial charge in [-0.3, -0.25) is 0 Å². The summed E-state index contributed by atoms with van der Waals surface area (Å²) < 4.78 is 3.04. The molecule has 0 spiro atoms. The summed E-state index contributed by atoms with van der Waals surface area (Å²) in [6, 6.07) is 20.2. The molecule has 1 atom stereocenters. The van der Waals surface area contributed by atoms with Crippen molar-refractivity contribution < 1.29 is 0 Å². The number of hydrogen-bond acceptors (Lipinski definition) is 1. The molecule has 0 aromatic heterocycles. The second-order valence-corrected chi connectivity index (χ2v) is 7.48. The summed E-state index contributed by atoms with van der Waals surface area (Å²) in [4.78, 5) is 2.54. The normalized spacial score (nSPS) is 17.5. The van der Waals surface area contributed by atoms with E-state index in [-0.39, 0.29) is 0 Å². The van der Waals surface area contributed by atoms with Crippen LogP contribution in [0, 0.1) is 0 Å². The summed E-state index contributed by atoms with van der Waals surface area (Å²) in [7, 11) is 0.